The summed E-state index contributed by atoms with van der Waals surface area (Å²) in [4.78, 5) is 10.9. The van der Waals surface area contributed by atoms with E-state index < -0.39 is 21.8 Å². The molecule has 7 nitrogen and oxygen atoms in total. The topological polar surface area (TPSA) is 111 Å². The van der Waals surface area contributed by atoms with Gasteiger partial charge in [-0.3, -0.25) is 0 Å². The Balaban J connectivity index is 2.36. The van der Waals surface area contributed by atoms with Crippen LogP contribution in [0.3, 0.4) is 0 Å². The molecule has 1 rings (SSSR count). The largest absolute Gasteiger partial charge is 0.449 e. The fourth-order valence-electron chi connectivity index (χ4n) is 1.35. The Labute approximate surface area is 94.9 Å². The molecule has 0 saturated heterocycles. The molecule has 1 saturated carbocycles. The van der Waals surface area contributed by atoms with Crippen LogP contribution in [-0.2, 0) is 14.9 Å². The van der Waals surface area contributed by atoms with Gasteiger partial charge >= 0.3 is 16.3 Å². The Hall–Kier alpha value is -0.860. The summed E-state index contributed by atoms with van der Waals surface area (Å²) >= 11 is 0. The molecule has 1 aliphatic carbocycles. The summed E-state index contributed by atoms with van der Waals surface area (Å²) in [5.74, 6) is 0. The summed E-state index contributed by atoms with van der Waals surface area (Å²) in [7, 11) is -3.87. The average molecular weight is 251 g/mol. The van der Waals surface area contributed by atoms with E-state index in [1.807, 2.05) is 0 Å². The third-order valence-corrected chi connectivity index (χ3v) is 3.42. The lowest BCUT2D eigenvalue weighted by Gasteiger charge is -2.37. The molecule has 1 amide bonds. The van der Waals surface area contributed by atoms with Crippen LogP contribution in [0.5, 0.6) is 0 Å². The molecular formula is C8H17N3O4S. The first-order chi connectivity index (χ1) is 7.37. The molecule has 0 bridgehead atoms. The second-order valence-corrected chi connectivity index (χ2v) is 5.36. The first-order valence-electron chi connectivity index (χ1n) is 5.10. The van der Waals surface area contributed by atoms with Gasteiger partial charge in [0.2, 0.25) is 0 Å². The molecule has 0 spiro atoms. The summed E-state index contributed by atoms with van der Waals surface area (Å²) < 4.78 is 31.0. The van der Waals surface area contributed by atoms with Crippen LogP contribution in [0.4, 0.5) is 4.79 Å². The van der Waals surface area contributed by atoms with Gasteiger partial charge < -0.3 is 10.5 Å². The first kappa shape index (κ1) is 13.2. The second-order valence-electron chi connectivity index (χ2n) is 3.86. The Morgan fingerprint density at radius 3 is 2.56 bits per heavy atom. The third kappa shape index (κ3) is 3.95. The first-order valence-corrected chi connectivity index (χ1v) is 6.58. The van der Waals surface area contributed by atoms with Gasteiger partial charge in [-0.15, -0.1) is 0 Å². The van der Waals surface area contributed by atoms with Gasteiger partial charge in [-0.1, -0.05) is 0 Å². The molecule has 0 heterocycles. The molecule has 1 fully saturated rings. The van der Waals surface area contributed by atoms with Crippen LogP contribution in [0, 0.1) is 0 Å². The fourth-order valence-corrected chi connectivity index (χ4v) is 2.18. The minimum Gasteiger partial charge on any atom is -0.449 e. The number of carbonyl (C=O) groups excluding carboxylic acids is 1. The van der Waals surface area contributed by atoms with Crippen LogP contribution in [0.1, 0.15) is 26.2 Å². The van der Waals surface area contributed by atoms with E-state index in [1.165, 1.54) is 0 Å². The monoisotopic (exact) mass is 251 g/mol. The molecule has 16 heavy (non-hydrogen) atoms. The number of nitrogens with two attached hydrogens (primary N) is 1. The summed E-state index contributed by atoms with van der Waals surface area (Å²) in [6.07, 6.45) is 1.59. The number of amides is 1. The van der Waals surface area contributed by atoms with Gasteiger partial charge in [0.15, 0.2) is 0 Å². The van der Waals surface area contributed by atoms with Gasteiger partial charge in [0.25, 0.3) is 0 Å². The Kier molecular flexibility index (Phi) is 4.11. The van der Waals surface area contributed by atoms with Crippen molar-refractivity contribution >= 4 is 16.3 Å². The molecule has 0 aliphatic heterocycles. The van der Waals surface area contributed by atoms with E-state index in [2.05, 4.69) is 9.46 Å². The van der Waals surface area contributed by atoms with Gasteiger partial charge in [-0.2, -0.15) is 13.1 Å². The van der Waals surface area contributed by atoms with Crippen molar-refractivity contribution in [2.75, 3.05) is 13.2 Å². The molecular weight excluding hydrogens is 234 g/mol. The van der Waals surface area contributed by atoms with E-state index in [1.54, 1.807) is 11.6 Å². The van der Waals surface area contributed by atoms with Crippen molar-refractivity contribution in [1.29, 1.82) is 0 Å². The number of rotatable bonds is 5. The molecule has 0 aromatic rings. The lowest BCUT2D eigenvalue weighted by molar-refractivity contribution is 0.158. The van der Waals surface area contributed by atoms with Gasteiger partial charge in [-0.05, 0) is 26.2 Å². The molecule has 0 aromatic carbocycles. The number of ether oxygens (including phenoxy) is 1. The molecule has 1 aliphatic rings. The van der Waals surface area contributed by atoms with Gasteiger partial charge in [0, 0.05) is 12.1 Å². The third-order valence-electron chi connectivity index (χ3n) is 2.46. The minimum absolute atomic E-state index is 0.113. The Morgan fingerprint density at radius 2 is 2.12 bits per heavy atom. The molecule has 8 heteroatoms. The Bertz CT molecular complexity index is 350. The van der Waals surface area contributed by atoms with Gasteiger partial charge in [-0.25, -0.2) is 9.52 Å². The zero-order chi connectivity index (χ0) is 12.2. The highest BCUT2D eigenvalue weighted by Crippen LogP contribution is 2.28. The van der Waals surface area contributed by atoms with E-state index in [4.69, 9.17) is 5.73 Å². The minimum atomic E-state index is -3.87. The quantitative estimate of drug-likeness (QED) is 0.607. The summed E-state index contributed by atoms with van der Waals surface area (Å²) in [6, 6.07) is 0. The Morgan fingerprint density at radius 1 is 1.50 bits per heavy atom. The van der Waals surface area contributed by atoms with Crippen molar-refractivity contribution in [2.45, 2.75) is 31.7 Å². The van der Waals surface area contributed by atoms with Crippen molar-refractivity contribution in [3.8, 4) is 0 Å². The van der Waals surface area contributed by atoms with E-state index in [0.717, 1.165) is 19.3 Å². The van der Waals surface area contributed by atoms with Crippen molar-refractivity contribution in [1.82, 2.24) is 9.44 Å². The number of nitrogens with one attached hydrogen (secondary N) is 2. The van der Waals surface area contributed by atoms with E-state index in [-0.39, 0.29) is 13.2 Å². The maximum Gasteiger partial charge on any atom is 0.421 e. The van der Waals surface area contributed by atoms with Crippen LogP contribution in [0.25, 0.3) is 0 Å². The van der Waals surface area contributed by atoms with E-state index in [0.29, 0.717) is 0 Å². The SMILES string of the molecule is CCOC(=O)NS(=O)(=O)NCC1(N)CCC1. The lowest BCUT2D eigenvalue weighted by atomic mass is 9.78. The van der Waals surface area contributed by atoms with Crippen LogP contribution in [0.15, 0.2) is 0 Å². The lowest BCUT2D eigenvalue weighted by Crippen LogP contribution is -2.56. The maximum absolute atomic E-state index is 11.3. The predicted molar refractivity (Wildman–Crippen MR) is 57.8 cm³/mol. The zero-order valence-corrected chi connectivity index (χ0v) is 9.97. The summed E-state index contributed by atoms with van der Waals surface area (Å²) in [6.45, 7) is 1.83. The van der Waals surface area contributed by atoms with Crippen LogP contribution in [0.2, 0.25) is 0 Å². The molecule has 0 atom stereocenters. The number of hydrogen-bond acceptors (Lipinski definition) is 5. The van der Waals surface area contributed by atoms with Crippen molar-refractivity contribution in [2.24, 2.45) is 5.73 Å². The van der Waals surface area contributed by atoms with Crippen molar-refractivity contribution < 1.29 is 17.9 Å². The van der Waals surface area contributed by atoms with Crippen LogP contribution < -0.4 is 15.2 Å². The highest BCUT2D eigenvalue weighted by Gasteiger charge is 2.33. The van der Waals surface area contributed by atoms with Crippen molar-refractivity contribution in [3.63, 3.8) is 0 Å². The number of carbonyl (C=O) groups is 1. The predicted octanol–water partition coefficient (Wildman–Crippen LogP) is -0.552. The van der Waals surface area contributed by atoms with E-state index in [9.17, 15) is 13.2 Å². The number of hydrogen-bond donors (Lipinski definition) is 3. The standard InChI is InChI=1S/C8H17N3O4S/c1-2-15-7(12)11-16(13,14)10-6-8(9)4-3-5-8/h10H,2-6,9H2,1H3,(H,11,12). The molecule has 4 N–H and O–H groups in total. The summed E-state index contributed by atoms with van der Waals surface area (Å²) in [5.41, 5.74) is 5.36. The van der Waals surface area contributed by atoms with Crippen LogP contribution >= 0.6 is 0 Å². The molecule has 94 valence electrons. The summed E-state index contributed by atoms with van der Waals surface area (Å²) in [5, 5.41) is 0. The van der Waals surface area contributed by atoms with Gasteiger partial charge in [0.05, 0.1) is 6.61 Å². The van der Waals surface area contributed by atoms with Gasteiger partial charge in [0.1, 0.15) is 0 Å². The zero-order valence-electron chi connectivity index (χ0n) is 9.15. The van der Waals surface area contributed by atoms with Crippen LogP contribution in [-0.4, -0.2) is 33.2 Å². The van der Waals surface area contributed by atoms with E-state index >= 15 is 0 Å². The fraction of sp³-hybridized carbons (Fsp3) is 0.875. The second kappa shape index (κ2) is 4.98. The van der Waals surface area contributed by atoms with Crippen molar-refractivity contribution in [3.05, 3.63) is 0 Å². The smallest absolute Gasteiger partial charge is 0.421 e. The highest BCUT2D eigenvalue weighted by molar-refractivity contribution is 7.88. The molecule has 0 radical (unpaired) electrons. The molecule has 0 unspecified atom stereocenters. The highest BCUT2D eigenvalue weighted by atomic mass is 32.2. The normalized spacial score (nSPS) is 18.6. The average Bonchev–Trinajstić information content (AvgIpc) is 2.11. The maximum atomic E-state index is 11.3. The molecule has 0 aromatic heterocycles.